The number of esters is 1. The molecule has 1 aliphatic heterocycles. The summed E-state index contributed by atoms with van der Waals surface area (Å²) in [4.78, 5) is 52.9. The third kappa shape index (κ3) is 5.27. The molecule has 0 spiro atoms. The van der Waals surface area contributed by atoms with E-state index in [0.29, 0.717) is 6.42 Å². The van der Waals surface area contributed by atoms with Gasteiger partial charge in [-0.3, -0.25) is 9.59 Å². The van der Waals surface area contributed by atoms with Gasteiger partial charge in [-0.1, -0.05) is 19.6 Å². The average Bonchev–Trinajstić information content (AvgIpc) is 2.74. The zero-order chi connectivity index (χ0) is 22.5. The van der Waals surface area contributed by atoms with Gasteiger partial charge in [0.25, 0.3) is 0 Å². The molecule has 8 heteroatoms. The monoisotopic (exact) mass is 425 g/mol. The van der Waals surface area contributed by atoms with Crippen molar-refractivity contribution in [1.82, 2.24) is 4.90 Å². The van der Waals surface area contributed by atoms with Crippen molar-refractivity contribution in [3.8, 4) is 0 Å². The number of Topliss-reactive ketones (excluding diaryl/α,β-unsaturated/α-hetero) is 1. The summed E-state index contributed by atoms with van der Waals surface area (Å²) in [5.41, 5.74) is -1.73. The molecule has 1 saturated carbocycles. The average molecular weight is 426 g/mol. The van der Waals surface area contributed by atoms with Gasteiger partial charge in [0, 0.05) is 32.8 Å². The van der Waals surface area contributed by atoms with Crippen LogP contribution in [0, 0.1) is 11.8 Å². The zero-order valence-corrected chi connectivity index (χ0v) is 20.1. The van der Waals surface area contributed by atoms with Crippen LogP contribution >= 0.6 is 0 Å². The quantitative estimate of drug-likeness (QED) is 0.494. The Labute approximate surface area is 174 Å². The molecule has 0 aromatic carbocycles. The standard InChI is InChI=1S/C21H35NO6Si/c1-20(2,3)27-18(25)16-13-10-12(23)11-14(29(7,8)9)15(13)17(24)22(16)19(26)28-21(4,5)6/h13-16H,10-11H2,1-9H3/t13-,14-,15-,16-/m0/s1. The van der Waals surface area contributed by atoms with E-state index in [1.165, 1.54) is 0 Å². The molecule has 2 fully saturated rings. The Balaban J connectivity index is 2.52. The van der Waals surface area contributed by atoms with E-state index in [0.717, 1.165) is 4.90 Å². The number of ketones is 1. The molecular formula is C21H35NO6Si. The maximum absolute atomic E-state index is 13.4. The van der Waals surface area contributed by atoms with Crippen LogP contribution in [0.25, 0.3) is 0 Å². The normalized spacial score (nSPS) is 28.2. The lowest BCUT2D eigenvalue weighted by molar-refractivity contribution is -0.163. The van der Waals surface area contributed by atoms with Gasteiger partial charge in [-0.2, -0.15) is 0 Å². The molecule has 2 amide bonds. The maximum atomic E-state index is 13.4. The summed E-state index contributed by atoms with van der Waals surface area (Å²) in [5, 5.41) is 0. The lowest BCUT2D eigenvalue weighted by Crippen LogP contribution is -2.49. The fraction of sp³-hybridized carbons (Fsp3) is 0.810. The van der Waals surface area contributed by atoms with Gasteiger partial charge >= 0.3 is 12.1 Å². The van der Waals surface area contributed by atoms with Crippen LogP contribution in [0.5, 0.6) is 0 Å². The van der Waals surface area contributed by atoms with Crippen molar-refractivity contribution in [2.75, 3.05) is 0 Å². The minimum absolute atomic E-state index is 0.0334. The molecule has 1 heterocycles. The third-order valence-electron chi connectivity index (χ3n) is 5.36. The maximum Gasteiger partial charge on any atom is 0.417 e. The first-order valence-corrected chi connectivity index (χ1v) is 13.8. The smallest absolute Gasteiger partial charge is 0.417 e. The number of imide groups is 1. The van der Waals surface area contributed by atoms with E-state index in [4.69, 9.17) is 9.47 Å². The molecule has 0 unspecified atom stereocenters. The van der Waals surface area contributed by atoms with Crippen LogP contribution in [0.4, 0.5) is 4.79 Å². The summed E-state index contributed by atoms with van der Waals surface area (Å²) in [6.07, 6.45) is -0.429. The minimum atomic E-state index is -1.92. The van der Waals surface area contributed by atoms with E-state index < -0.39 is 55.1 Å². The second-order valence-corrected chi connectivity index (χ2v) is 16.7. The van der Waals surface area contributed by atoms with Gasteiger partial charge in [0.05, 0.1) is 0 Å². The van der Waals surface area contributed by atoms with Crippen molar-refractivity contribution in [3.05, 3.63) is 0 Å². The second-order valence-electron chi connectivity index (χ2n) is 11.3. The number of hydrogen-bond acceptors (Lipinski definition) is 6. The second kappa shape index (κ2) is 7.52. The fourth-order valence-corrected chi connectivity index (χ4v) is 6.61. The van der Waals surface area contributed by atoms with Gasteiger partial charge in [-0.05, 0) is 47.1 Å². The first kappa shape index (κ1) is 23.6. The van der Waals surface area contributed by atoms with Gasteiger partial charge < -0.3 is 9.47 Å². The molecule has 2 aliphatic rings. The number of carbonyl (C=O) groups excluding carboxylic acids is 4. The highest BCUT2D eigenvalue weighted by Crippen LogP contribution is 2.50. The fourth-order valence-electron chi connectivity index (χ4n) is 4.30. The van der Waals surface area contributed by atoms with Crippen LogP contribution in [0.15, 0.2) is 0 Å². The van der Waals surface area contributed by atoms with Crippen molar-refractivity contribution in [2.24, 2.45) is 11.8 Å². The number of rotatable bonds is 2. The SMILES string of the molecule is CC(C)(C)OC(=O)[C@@H]1[C@H]2CC(=O)C[C@H]([Si](C)(C)C)[C@H]2C(=O)N1C(=O)OC(C)(C)C. The molecule has 29 heavy (non-hydrogen) atoms. The van der Waals surface area contributed by atoms with Crippen LogP contribution < -0.4 is 0 Å². The molecule has 0 N–H and O–H groups in total. The summed E-state index contributed by atoms with van der Waals surface area (Å²) < 4.78 is 11.0. The van der Waals surface area contributed by atoms with E-state index in [9.17, 15) is 19.2 Å². The van der Waals surface area contributed by atoms with Gasteiger partial charge in [-0.15, -0.1) is 0 Å². The Hall–Kier alpha value is -1.70. The Morgan fingerprint density at radius 2 is 1.45 bits per heavy atom. The van der Waals surface area contributed by atoms with Gasteiger partial charge in [0.15, 0.2) is 0 Å². The first-order chi connectivity index (χ1) is 12.9. The van der Waals surface area contributed by atoms with E-state index in [1.54, 1.807) is 41.5 Å². The Morgan fingerprint density at radius 1 is 0.931 bits per heavy atom. The van der Waals surface area contributed by atoms with E-state index >= 15 is 0 Å². The number of likely N-dealkylation sites (tertiary alicyclic amines) is 1. The van der Waals surface area contributed by atoms with E-state index in [-0.39, 0.29) is 17.7 Å². The van der Waals surface area contributed by atoms with E-state index in [1.807, 2.05) is 0 Å². The molecular weight excluding hydrogens is 390 g/mol. The predicted molar refractivity (Wildman–Crippen MR) is 111 cm³/mol. The first-order valence-electron chi connectivity index (χ1n) is 10.2. The molecule has 1 saturated heterocycles. The minimum Gasteiger partial charge on any atom is -0.458 e. The molecule has 7 nitrogen and oxygen atoms in total. The molecule has 164 valence electrons. The number of ether oxygens (including phenoxy) is 2. The van der Waals surface area contributed by atoms with Crippen LogP contribution in [0.1, 0.15) is 54.4 Å². The number of amides is 2. The Bertz CT molecular complexity index is 712. The van der Waals surface area contributed by atoms with Crippen LogP contribution in [0.3, 0.4) is 0 Å². The van der Waals surface area contributed by atoms with Crippen molar-refractivity contribution >= 4 is 31.8 Å². The summed E-state index contributed by atoms with van der Waals surface area (Å²) in [6, 6.07) is -1.13. The third-order valence-corrected chi connectivity index (χ3v) is 8.15. The van der Waals surface area contributed by atoms with Crippen molar-refractivity contribution in [3.63, 3.8) is 0 Å². The number of nitrogens with zero attached hydrogens (tertiary/aromatic N) is 1. The zero-order valence-electron chi connectivity index (χ0n) is 19.1. The summed E-state index contributed by atoms with van der Waals surface area (Å²) in [7, 11) is -1.92. The number of fused-ring (bicyclic) bond motifs is 1. The van der Waals surface area contributed by atoms with Gasteiger partial charge in [0.2, 0.25) is 5.91 Å². The summed E-state index contributed by atoms with van der Waals surface area (Å²) in [6.45, 7) is 16.6. The lowest BCUT2D eigenvalue weighted by atomic mass is 9.77. The van der Waals surface area contributed by atoms with Crippen molar-refractivity contribution < 1.29 is 28.7 Å². The molecule has 0 radical (unpaired) electrons. The molecule has 0 aromatic rings. The van der Waals surface area contributed by atoms with Gasteiger partial charge in [0.1, 0.15) is 23.0 Å². The molecule has 0 bridgehead atoms. The summed E-state index contributed by atoms with van der Waals surface area (Å²) >= 11 is 0. The highest BCUT2D eigenvalue weighted by atomic mass is 28.3. The largest absolute Gasteiger partial charge is 0.458 e. The highest BCUT2D eigenvalue weighted by Gasteiger charge is 2.61. The number of hydrogen-bond donors (Lipinski definition) is 0. The van der Waals surface area contributed by atoms with Crippen LogP contribution in [-0.2, 0) is 23.9 Å². The Kier molecular flexibility index (Phi) is 6.12. The molecule has 1 aliphatic carbocycles. The summed E-state index contributed by atoms with van der Waals surface area (Å²) in [5.74, 6) is -2.15. The Morgan fingerprint density at radius 3 is 1.90 bits per heavy atom. The molecule has 0 aromatic heterocycles. The predicted octanol–water partition coefficient (Wildman–Crippen LogP) is 3.78. The van der Waals surface area contributed by atoms with Crippen LogP contribution in [-0.4, -0.2) is 54.0 Å². The number of carbonyl (C=O) groups is 4. The van der Waals surface area contributed by atoms with Crippen molar-refractivity contribution in [2.45, 2.75) is 96.8 Å². The molecule has 4 atom stereocenters. The van der Waals surface area contributed by atoms with E-state index in [2.05, 4.69) is 19.6 Å². The molecule has 2 rings (SSSR count). The van der Waals surface area contributed by atoms with Gasteiger partial charge in [-0.25, -0.2) is 14.5 Å². The van der Waals surface area contributed by atoms with Crippen molar-refractivity contribution in [1.29, 1.82) is 0 Å². The lowest BCUT2D eigenvalue weighted by Gasteiger charge is -2.39. The van der Waals surface area contributed by atoms with Crippen LogP contribution in [0.2, 0.25) is 25.2 Å². The topological polar surface area (TPSA) is 90.0 Å². The highest BCUT2D eigenvalue weighted by molar-refractivity contribution is 6.78.